The average Bonchev–Trinajstić information content (AvgIpc) is 3.69. The zero-order chi connectivity index (χ0) is 27.9. The van der Waals surface area contributed by atoms with Crippen LogP contribution in [0.5, 0.6) is 0 Å². The van der Waals surface area contributed by atoms with Gasteiger partial charge in [0, 0.05) is 41.8 Å². The molecule has 2 aromatic heterocycles. The maximum absolute atomic E-state index is 13.5. The third kappa shape index (κ3) is 7.02. The Kier molecular flexibility index (Phi) is 8.97. The number of rotatable bonds is 12. The topological polar surface area (TPSA) is 181 Å². The van der Waals surface area contributed by atoms with Gasteiger partial charge in [0.1, 0.15) is 18.1 Å². The number of aromatic amines is 2. The zero-order valence-corrected chi connectivity index (χ0v) is 22.0. The van der Waals surface area contributed by atoms with Crippen LogP contribution in [0.1, 0.15) is 37.9 Å². The lowest BCUT2D eigenvalue weighted by molar-refractivity contribution is -0.142. The van der Waals surface area contributed by atoms with E-state index >= 15 is 0 Å². The molecule has 4 atom stereocenters. The van der Waals surface area contributed by atoms with E-state index in [2.05, 4.69) is 36.2 Å². The second kappa shape index (κ2) is 12.6. The molecule has 1 fully saturated rings. The largest absolute Gasteiger partial charge is 0.480 e. The number of nitrogens with one attached hydrogen (secondary N) is 6. The van der Waals surface area contributed by atoms with E-state index in [9.17, 15) is 24.3 Å². The molecular weight excluding hydrogens is 502 g/mol. The summed E-state index contributed by atoms with van der Waals surface area (Å²) < 4.78 is 0. The van der Waals surface area contributed by atoms with Crippen molar-refractivity contribution >= 4 is 34.6 Å². The fraction of sp³-hybridized carbons (Fsp3) is 0.444. The summed E-state index contributed by atoms with van der Waals surface area (Å²) in [6, 6.07) is 4.00. The first-order valence-corrected chi connectivity index (χ1v) is 13.1. The lowest BCUT2D eigenvalue weighted by Gasteiger charge is -2.27. The van der Waals surface area contributed by atoms with Crippen molar-refractivity contribution in [2.75, 3.05) is 6.54 Å². The monoisotopic (exact) mass is 537 g/mol. The van der Waals surface area contributed by atoms with Crippen molar-refractivity contribution in [2.45, 2.75) is 63.7 Å². The van der Waals surface area contributed by atoms with Crippen LogP contribution in [0, 0.1) is 5.92 Å². The number of para-hydroxylation sites is 1. The van der Waals surface area contributed by atoms with Gasteiger partial charge in [0.15, 0.2) is 0 Å². The molecule has 0 aliphatic carbocycles. The molecule has 4 unspecified atom stereocenters. The summed E-state index contributed by atoms with van der Waals surface area (Å²) in [4.78, 5) is 61.5. The van der Waals surface area contributed by atoms with Crippen molar-refractivity contribution in [1.82, 2.24) is 36.2 Å². The summed E-state index contributed by atoms with van der Waals surface area (Å²) in [6.07, 6.45) is 6.36. The van der Waals surface area contributed by atoms with E-state index in [0.29, 0.717) is 12.1 Å². The molecule has 0 radical (unpaired) electrons. The minimum Gasteiger partial charge on any atom is -0.480 e. The SMILES string of the molecule is CC(C)C(NC(=O)C1CCCN1)C(=O)NC(Cc1c[nH]c2ccccc12)C(=O)NC(Cc1cnc[nH]1)C(=O)O. The molecule has 0 spiro atoms. The fourth-order valence-electron chi connectivity index (χ4n) is 4.78. The van der Waals surface area contributed by atoms with Crippen molar-refractivity contribution in [3.8, 4) is 0 Å². The van der Waals surface area contributed by atoms with Gasteiger partial charge in [-0.05, 0) is 36.9 Å². The number of aliphatic carboxylic acids is 1. The molecule has 0 bridgehead atoms. The molecule has 12 nitrogen and oxygen atoms in total. The van der Waals surface area contributed by atoms with Crippen molar-refractivity contribution < 1.29 is 24.3 Å². The van der Waals surface area contributed by atoms with Crippen LogP contribution in [0.15, 0.2) is 43.0 Å². The molecule has 12 heteroatoms. The molecule has 7 N–H and O–H groups in total. The Balaban J connectivity index is 1.54. The number of hydrogen-bond acceptors (Lipinski definition) is 6. The van der Waals surface area contributed by atoms with Crippen molar-refractivity contribution in [3.05, 3.63) is 54.2 Å². The predicted molar refractivity (Wildman–Crippen MR) is 144 cm³/mol. The maximum atomic E-state index is 13.5. The van der Waals surface area contributed by atoms with Gasteiger partial charge in [0.2, 0.25) is 17.7 Å². The number of aromatic nitrogens is 3. The average molecular weight is 538 g/mol. The standard InChI is InChI=1S/C27H35N7O5/c1-15(2)23(34-24(35)20-8-5-9-29-20)26(37)32-21(10-16-12-30-19-7-4-3-6-18(16)19)25(36)33-22(27(38)39)11-17-13-28-14-31-17/h3-4,6-7,12-15,20-23,29-30H,5,8-11H2,1-2H3,(H,28,31)(H,32,37)(H,33,36)(H,34,35)(H,38,39). The van der Waals surface area contributed by atoms with E-state index in [1.807, 2.05) is 38.1 Å². The minimum absolute atomic E-state index is 0.00606. The highest BCUT2D eigenvalue weighted by molar-refractivity contribution is 5.95. The number of H-pyrrole nitrogens is 2. The van der Waals surface area contributed by atoms with Crippen LogP contribution in [0.3, 0.4) is 0 Å². The van der Waals surface area contributed by atoms with Crippen LogP contribution in [0.25, 0.3) is 10.9 Å². The van der Waals surface area contributed by atoms with Gasteiger partial charge in [0.05, 0.1) is 12.4 Å². The number of carbonyl (C=O) groups is 4. The molecule has 1 aliphatic heterocycles. The third-order valence-corrected chi connectivity index (χ3v) is 6.95. The number of hydrogen-bond donors (Lipinski definition) is 7. The highest BCUT2D eigenvalue weighted by atomic mass is 16.4. The number of nitrogens with zero attached hydrogens (tertiary/aromatic N) is 1. The highest BCUT2D eigenvalue weighted by Gasteiger charge is 2.33. The van der Waals surface area contributed by atoms with Crippen LogP contribution in [0.2, 0.25) is 0 Å². The number of imidazole rings is 1. The first kappa shape index (κ1) is 27.8. The lowest BCUT2D eigenvalue weighted by Crippen LogP contribution is -2.59. The molecule has 39 heavy (non-hydrogen) atoms. The first-order chi connectivity index (χ1) is 18.7. The van der Waals surface area contributed by atoms with Gasteiger partial charge < -0.3 is 36.3 Å². The molecule has 1 aromatic carbocycles. The second-order valence-corrected chi connectivity index (χ2v) is 10.2. The van der Waals surface area contributed by atoms with Gasteiger partial charge in [-0.15, -0.1) is 0 Å². The molecular formula is C27H35N7O5. The van der Waals surface area contributed by atoms with Gasteiger partial charge in [-0.1, -0.05) is 32.0 Å². The van der Waals surface area contributed by atoms with Crippen LogP contribution in [0.4, 0.5) is 0 Å². The predicted octanol–water partition coefficient (Wildman–Crippen LogP) is 0.623. The van der Waals surface area contributed by atoms with E-state index in [-0.39, 0.29) is 30.7 Å². The molecule has 3 amide bonds. The summed E-state index contributed by atoms with van der Waals surface area (Å²) in [5, 5.41) is 21.9. The molecule has 0 saturated carbocycles. The smallest absolute Gasteiger partial charge is 0.326 e. The minimum atomic E-state index is -1.24. The molecule has 4 rings (SSSR count). The Hall–Kier alpha value is -4.19. The number of benzene rings is 1. The Morgan fingerprint density at radius 2 is 1.79 bits per heavy atom. The van der Waals surface area contributed by atoms with Crippen molar-refractivity contribution in [3.63, 3.8) is 0 Å². The number of carbonyl (C=O) groups excluding carboxylic acids is 3. The van der Waals surface area contributed by atoms with Crippen LogP contribution < -0.4 is 21.3 Å². The Labute approximate surface area is 225 Å². The third-order valence-electron chi connectivity index (χ3n) is 6.95. The molecule has 1 saturated heterocycles. The van der Waals surface area contributed by atoms with Gasteiger partial charge in [-0.2, -0.15) is 0 Å². The normalized spacial score (nSPS) is 17.5. The lowest BCUT2D eigenvalue weighted by atomic mass is 10.00. The van der Waals surface area contributed by atoms with Crippen LogP contribution in [-0.2, 0) is 32.0 Å². The quantitative estimate of drug-likeness (QED) is 0.177. The summed E-state index contributed by atoms with van der Waals surface area (Å²) in [6.45, 7) is 4.37. The number of fused-ring (bicyclic) bond motifs is 1. The fourth-order valence-corrected chi connectivity index (χ4v) is 4.78. The van der Waals surface area contributed by atoms with Gasteiger partial charge in [-0.3, -0.25) is 14.4 Å². The first-order valence-electron chi connectivity index (χ1n) is 13.1. The van der Waals surface area contributed by atoms with Crippen molar-refractivity contribution in [1.29, 1.82) is 0 Å². The van der Waals surface area contributed by atoms with Gasteiger partial charge in [-0.25, -0.2) is 9.78 Å². The summed E-state index contributed by atoms with van der Waals surface area (Å²) in [5.41, 5.74) is 2.20. The van der Waals surface area contributed by atoms with Gasteiger partial charge >= 0.3 is 5.97 Å². The number of carboxylic acid groups (broad SMARTS) is 1. The number of amides is 3. The van der Waals surface area contributed by atoms with E-state index in [4.69, 9.17) is 0 Å². The van der Waals surface area contributed by atoms with Crippen molar-refractivity contribution in [2.24, 2.45) is 5.92 Å². The Bertz CT molecular complexity index is 1300. The summed E-state index contributed by atoms with van der Waals surface area (Å²) >= 11 is 0. The molecule has 3 heterocycles. The Morgan fingerprint density at radius 3 is 2.46 bits per heavy atom. The van der Waals surface area contributed by atoms with E-state index in [0.717, 1.165) is 29.4 Å². The molecule has 3 aromatic rings. The van der Waals surface area contributed by atoms with Crippen LogP contribution in [-0.4, -0.2) is 74.5 Å². The highest BCUT2D eigenvalue weighted by Crippen LogP contribution is 2.19. The van der Waals surface area contributed by atoms with Crippen LogP contribution >= 0.6 is 0 Å². The maximum Gasteiger partial charge on any atom is 0.326 e. The summed E-state index contributed by atoms with van der Waals surface area (Å²) in [5.74, 6) is -2.89. The van der Waals surface area contributed by atoms with E-state index in [1.54, 1.807) is 6.20 Å². The molecule has 208 valence electrons. The van der Waals surface area contributed by atoms with Gasteiger partial charge in [0.25, 0.3) is 0 Å². The molecule has 1 aliphatic rings. The van der Waals surface area contributed by atoms with E-state index < -0.39 is 35.9 Å². The Morgan fingerprint density at radius 1 is 1.03 bits per heavy atom. The number of carboxylic acids is 1. The summed E-state index contributed by atoms with van der Waals surface area (Å²) in [7, 11) is 0. The van der Waals surface area contributed by atoms with E-state index in [1.165, 1.54) is 12.5 Å². The second-order valence-electron chi connectivity index (χ2n) is 10.2. The zero-order valence-electron chi connectivity index (χ0n) is 22.0.